The largest absolute Gasteiger partial charge is 0.497 e. The van der Waals surface area contributed by atoms with Gasteiger partial charge in [-0.3, -0.25) is 19.3 Å². The fraction of sp³-hybridized carbons (Fsp3) is 0.571. The van der Waals surface area contributed by atoms with Crippen LogP contribution in [0.3, 0.4) is 0 Å². The van der Waals surface area contributed by atoms with Gasteiger partial charge in [-0.1, -0.05) is 12.8 Å². The highest BCUT2D eigenvalue weighted by Gasteiger charge is 2.47. The lowest BCUT2D eigenvalue weighted by Gasteiger charge is -2.19. The molecule has 1 N–H and O–H groups in total. The van der Waals surface area contributed by atoms with E-state index < -0.39 is 0 Å². The van der Waals surface area contributed by atoms with Gasteiger partial charge in [-0.05, 0) is 38.0 Å². The van der Waals surface area contributed by atoms with Gasteiger partial charge in [-0.2, -0.15) is 0 Å². The fourth-order valence-corrected chi connectivity index (χ4v) is 4.23. The third kappa shape index (κ3) is 3.98. The molecule has 0 unspecified atom stereocenters. The monoisotopic (exact) mass is 388 g/mol. The van der Waals surface area contributed by atoms with Crippen LogP contribution in [0.5, 0.6) is 11.5 Å². The smallest absolute Gasteiger partial charge is 0.233 e. The minimum atomic E-state index is -0.301. The molecule has 1 saturated carbocycles. The number of likely N-dealkylation sites (tertiary alicyclic amines) is 1. The Hall–Kier alpha value is -2.57. The van der Waals surface area contributed by atoms with E-state index in [9.17, 15) is 14.4 Å². The van der Waals surface area contributed by atoms with Gasteiger partial charge in [0.25, 0.3) is 0 Å². The standard InChI is InChI=1S/C21H28N2O5/c1-13(17-12-14(27-2)8-9-18(17)28-3)22-19(24)10-11-23-20(25)15-6-4-5-7-16(15)21(23)26/h8-9,12-13,15-16H,4-7,10-11H2,1-3H3,(H,22,24)/t13-,15+,16+/m1/s1. The number of benzene rings is 1. The van der Waals surface area contributed by atoms with E-state index in [0.717, 1.165) is 31.2 Å². The van der Waals surface area contributed by atoms with Crippen LogP contribution in [0.25, 0.3) is 0 Å². The number of hydrogen-bond acceptors (Lipinski definition) is 5. The molecule has 3 amide bonds. The Balaban J connectivity index is 1.59. The van der Waals surface area contributed by atoms with Crippen LogP contribution in [0.4, 0.5) is 0 Å². The van der Waals surface area contributed by atoms with Gasteiger partial charge in [0.15, 0.2) is 0 Å². The summed E-state index contributed by atoms with van der Waals surface area (Å²) in [6.45, 7) is 1.99. The van der Waals surface area contributed by atoms with E-state index >= 15 is 0 Å². The Bertz CT molecular complexity index is 739. The normalized spacial score (nSPS) is 22.6. The highest BCUT2D eigenvalue weighted by atomic mass is 16.5. The van der Waals surface area contributed by atoms with E-state index in [2.05, 4.69) is 5.32 Å². The molecular weight excluding hydrogens is 360 g/mol. The summed E-state index contributed by atoms with van der Waals surface area (Å²) in [7, 11) is 3.15. The highest BCUT2D eigenvalue weighted by molar-refractivity contribution is 6.05. The van der Waals surface area contributed by atoms with Crippen molar-refractivity contribution in [2.24, 2.45) is 11.8 Å². The molecule has 2 fully saturated rings. The second kappa shape index (κ2) is 8.63. The van der Waals surface area contributed by atoms with Crippen molar-refractivity contribution in [2.75, 3.05) is 20.8 Å². The lowest BCUT2D eigenvalue weighted by atomic mass is 9.81. The number of nitrogens with zero attached hydrogens (tertiary/aromatic N) is 1. The number of ether oxygens (including phenoxy) is 2. The fourth-order valence-electron chi connectivity index (χ4n) is 4.23. The minimum Gasteiger partial charge on any atom is -0.497 e. The molecule has 1 aliphatic carbocycles. The Kier molecular flexibility index (Phi) is 6.21. The first kappa shape index (κ1) is 20.2. The third-order valence-corrected chi connectivity index (χ3v) is 5.78. The number of rotatable bonds is 7. The molecule has 0 bridgehead atoms. The van der Waals surface area contributed by atoms with Crippen molar-refractivity contribution in [3.05, 3.63) is 23.8 Å². The molecule has 0 aromatic heterocycles. The summed E-state index contributed by atoms with van der Waals surface area (Å²) in [6.07, 6.45) is 3.64. The van der Waals surface area contributed by atoms with E-state index in [4.69, 9.17) is 9.47 Å². The van der Waals surface area contributed by atoms with Crippen molar-refractivity contribution >= 4 is 17.7 Å². The van der Waals surface area contributed by atoms with Crippen molar-refractivity contribution in [2.45, 2.75) is 45.1 Å². The zero-order valence-corrected chi connectivity index (χ0v) is 16.7. The number of carbonyl (C=O) groups excluding carboxylic acids is 3. The summed E-state index contributed by atoms with van der Waals surface area (Å²) in [5.74, 6) is 0.548. The highest BCUT2D eigenvalue weighted by Crippen LogP contribution is 2.38. The average Bonchev–Trinajstić information content (AvgIpc) is 2.96. The van der Waals surface area contributed by atoms with Crippen LogP contribution in [-0.4, -0.2) is 43.4 Å². The molecule has 0 radical (unpaired) electrons. The van der Waals surface area contributed by atoms with Crippen LogP contribution < -0.4 is 14.8 Å². The Morgan fingerprint density at radius 3 is 2.36 bits per heavy atom. The van der Waals surface area contributed by atoms with Gasteiger partial charge in [0.05, 0.1) is 32.1 Å². The summed E-state index contributed by atoms with van der Waals surface area (Å²) >= 11 is 0. The maximum atomic E-state index is 12.5. The summed E-state index contributed by atoms with van der Waals surface area (Å²) in [4.78, 5) is 38.7. The van der Waals surface area contributed by atoms with E-state index in [0.29, 0.717) is 11.5 Å². The molecule has 152 valence electrons. The third-order valence-electron chi connectivity index (χ3n) is 5.78. The van der Waals surface area contributed by atoms with Gasteiger partial charge in [0.2, 0.25) is 17.7 Å². The summed E-state index contributed by atoms with van der Waals surface area (Å²) in [6, 6.07) is 5.10. The van der Waals surface area contributed by atoms with Crippen LogP contribution >= 0.6 is 0 Å². The lowest BCUT2D eigenvalue weighted by molar-refractivity contribution is -0.140. The average molecular weight is 388 g/mol. The van der Waals surface area contributed by atoms with Crippen LogP contribution in [0.15, 0.2) is 18.2 Å². The molecule has 3 atom stereocenters. The van der Waals surface area contributed by atoms with E-state index in [1.807, 2.05) is 13.0 Å². The van der Waals surface area contributed by atoms with Crippen LogP contribution in [0.1, 0.15) is 50.6 Å². The molecule has 7 nitrogen and oxygen atoms in total. The first-order valence-electron chi connectivity index (χ1n) is 9.82. The van der Waals surface area contributed by atoms with Crippen molar-refractivity contribution in [1.82, 2.24) is 10.2 Å². The Labute approximate surface area is 165 Å². The second-order valence-corrected chi connectivity index (χ2v) is 7.47. The number of imide groups is 1. The summed E-state index contributed by atoms with van der Waals surface area (Å²) in [5.41, 5.74) is 0.801. The van der Waals surface area contributed by atoms with E-state index in [1.54, 1.807) is 26.4 Å². The van der Waals surface area contributed by atoms with Gasteiger partial charge in [0.1, 0.15) is 11.5 Å². The molecule has 1 heterocycles. The Morgan fingerprint density at radius 2 is 1.79 bits per heavy atom. The van der Waals surface area contributed by atoms with E-state index in [-0.39, 0.29) is 48.6 Å². The molecule has 28 heavy (non-hydrogen) atoms. The first-order chi connectivity index (χ1) is 13.5. The first-order valence-corrected chi connectivity index (χ1v) is 9.82. The van der Waals surface area contributed by atoms with Crippen LogP contribution in [0, 0.1) is 11.8 Å². The predicted octanol–water partition coefficient (Wildman–Crippen LogP) is 2.45. The van der Waals surface area contributed by atoms with Crippen molar-refractivity contribution < 1.29 is 23.9 Å². The molecule has 1 aromatic rings. The maximum Gasteiger partial charge on any atom is 0.233 e. The Morgan fingerprint density at radius 1 is 1.14 bits per heavy atom. The maximum absolute atomic E-state index is 12.5. The molecule has 3 rings (SSSR count). The van der Waals surface area contributed by atoms with Crippen molar-refractivity contribution in [3.63, 3.8) is 0 Å². The minimum absolute atomic E-state index is 0.0908. The topological polar surface area (TPSA) is 84.9 Å². The molecule has 1 aliphatic heterocycles. The predicted molar refractivity (Wildman–Crippen MR) is 103 cm³/mol. The number of hydrogen-bond donors (Lipinski definition) is 1. The number of methoxy groups -OCH3 is 2. The molecule has 7 heteroatoms. The number of amides is 3. The zero-order valence-electron chi connectivity index (χ0n) is 16.7. The van der Waals surface area contributed by atoms with Gasteiger partial charge in [-0.15, -0.1) is 0 Å². The molecule has 1 saturated heterocycles. The summed E-state index contributed by atoms with van der Waals surface area (Å²) < 4.78 is 10.6. The zero-order chi connectivity index (χ0) is 20.3. The number of nitrogens with one attached hydrogen (secondary N) is 1. The van der Waals surface area contributed by atoms with Crippen molar-refractivity contribution in [1.29, 1.82) is 0 Å². The SMILES string of the molecule is COc1ccc(OC)c([C@@H](C)NC(=O)CCN2C(=O)[C@H]3CCCC[C@@H]3C2=O)c1. The quantitative estimate of drug-likeness (QED) is 0.725. The molecule has 2 aliphatic rings. The van der Waals surface area contributed by atoms with Crippen LogP contribution in [-0.2, 0) is 14.4 Å². The van der Waals surface area contributed by atoms with Gasteiger partial charge in [-0.25, -0.2) is 0 Å². The van der Waals surface area contributed by atoms with Crippen LogP contribution in [0.2, 0.25) is 0 Å². The van der Waals surface area contributed by atoms with Gasteiger partial charge in [0, 0.05) is 18.5 Å². The second-order valence-electron chi connectivity index (χ2n) is 7.47. The van der Waals surface area contributed by atoms with Crippen molar-refractivity contribution in [3.8, 4) is 11.5 Å². The summed E-state index contributed by atoms with van der Waals surface area (Å²) in [5, 5.41) is 2.91. The lowest BCUT2D eigenvalue weighted by Crippen LogP contribution is -2.36. The van der Waals surface area contributed by atoms with Gasteiger partial charge < -0.3 is 14.8 Å². The van der Waals surface area contributed by atoms with E-state index in [1.165, 1.54) is 4.90 Å². The molecular formula is C21H28N2O5. The number of fused-ring (bicyclic) bond motifs is 1. The molecule has 0 spiro atoms. The number of carbonyl (C=O) groups is 3. The van der Waals surface area contributed by atoms with Gasteiger partial charge >= 0.3 is 0 Å². The molecule has 1 aromatic carbocycles.